The van der Waals surface area contributed by atoms with E-state index in [2.05, 4.69) is 27.3 Å². The van der Waals surface area contributed by atoms with Crippen LogP contribution < -0.4 is 5.32 Å². The summed E-state index contributed by atoms with van der Waals surface area (Å²) in [5.74, 6) is -0.151. The Hall–Kier alpha value is -2.25. The smallest absolute Gasteiger partial charge is 0.273 e. The van der Waals surface area contributed by atoms with Gasteiger partial charge in [0.1, 0.15) is 11.7 Å². The molecule has 7 heteroatoms. The number of carbonyl (C=O) groups excluding carboxylic acids is 2. The molecule has 1 aliphatic rings. The summed E-state index contributed by atoms with van der Waals surface area (Å²) < 4.78 is 0. The van der Waals surface area contributed by atoms with E-state index in [1.807, 2.05) is 18.2 Å². The van der Waals surface area contributed by atoms with Crippen molar-refractivity contribution >= 4 is 23.2 Å². The third-order valence-electron chi connectivity index (χ3n) is 4.51. The van der Waals surface area contributed by atoms with Gasteiger partial charge in [-0.15, -0.1) is 11.3 Å². The lowest BCUT2D eigenvalue weighted by atomic mass is 10.1. The van der Waals surface area contributed by atoms with Crippen LogP contribution in [0.5, 0.6) is 0 Å². The lowest BCUT2D eigenvalue weighted by Gasteiger charge is -2.40. The molecule has 1 atom stereocenters. The van der Waals surface area contributed by atoms with E-state index in [4.69, 9.17) is 0 Å². The molecule has 0 aliphatic carbocycles. The van der Waals surface area contributed by atoms with Gasteiger partial charge in [0, 0.05) is 38.6 Å². The summed E-state index contributed by atoms with van der Waals surface area (Å²) in [5.41, 5.74) is 3.36. The average Bonchev–Trinajstić information content (AvgIpc) is 3.20. The Kier molecular flexibility index (Phi) is 5.78. The van der Waals surface area contributed by atoms with E-state index in [1.54, 1.807) is 22.8 Å². The van der Waals surface area contributed by atoms with Gasteiger partial charge in [0.2, 0.25) is 5.91 Å². The van der Waals surface area contributed by atoms with E-state index in [9.17, 15) is 9.59 Å². The van der Waals surface area contributed by atoms with E-state index in [1.165, 1.54) is 16.9 Å². The van der Waals surface area contributed by atoms with Gasteiger partial charge in [-0.2, -0.15) is 0 Å². The number of nitrogens with zero attached hydrogens (tertiary/aromatic N) is 3. The summed E-state index contributed by atoms with van der Waals surface area (Å²) in [5, 5.41) is 4.47. The van der Waals surface area contributed by atoms with E-state index >= 15 is 0 Å². The van der Waals surface area contributed by atoms with Crippen LogP contribution in [0.2, 0.25) is 0 Å². The Balaban J connectivity index is 1.66. The fourth-order valence-electron chi connectivity index (χ4n) is 3.09. The van der Waals surface area contributed by atoms with Crippen LogP contribution in [0.25, 0.3) is 0 Å². The SMILES string of the molecule is CNC(=O)[C@H]1CN(C(=O)c2cscn2)CCN1CCc1ccccc1. The number of hydrogen-bond donors (Lipinski definition) is 1. The predicted octanol–water partition coefficient (Wildman–Crippen LogP) is 1.26. The number of benzene rings is 1. The summed E-state index contributed by atoms with van der Waals surface area (Å²) in [7, 11) is 1.64. The van der Waals surface area contributed by atoms with Crippen molar-refractivity contribution in [3.05, 3.63) is 52.5 Å². The number of hydrogen-bond acceptors (Lipinski definition) is 5. The average molecular weight is 358 g/mol. The first-order valence-corrected chi connectivity index (χ1v) is 9.30. The molecule has 2 amide bonds. The van der Waals surface area contributed by atoms with Gasteiger partial charge >= 0.3 is 0 Å². The minimum atomic E-state index is -0.329. The number of carbonyl (C=O) groups is 2. The highest BCUT2D eigenvalue weighted by atomic mass is 32.1. The van der Waals surface area contributed by atoms with Crippen LogP contribution in [0, 0.1) is 0 Å². The van der Waals surface area contributed by atoms with Gasteiger partial charge in [-0.05, 0) is 12.0 Å². The molecule has 3 rings (SSSR count). The number of nitrogens with one attached hydrogen (secondary N) is 1. The summed E-state index contributed by atoms with van der Waals surface area (Å²) in [6, 6.07) is 9.91. The highest BCUT2D eigenvalue weighted by Gasteiger charge is 2.34. The first-order chi connectivity index (χ1) is 12.2. The molecule has 1 aromatic carbocycles. The van der Waals surface area contributed by atoms with Crippen molar-refractivity contribution in [1.82, 2.24) is 20.1 Å². The van der Waals surface area contributed by atoms with Crippen molar-refractivity contribution in [2.24, 2.45) is 0 Å². The first kappa shape index (κ1) is 17.6. The quantitative estimate of drug-likeness (QED) is 0.874. The third kappa shape index (κ3) is 4.24. The Morgan fingerprint density at radius 3 is 2.76 bits per heavy atom. The van der Waals surface area contributed by atoms with Crippen molar-refractivity contribution in [3.63, 3.8) is 0 Å². The van der Waals surface area contributed by atoms with E-state index in [0.717, 1.165) is 13.0 Å². The maximum atomic E-state index is 12.5. The maximum Gasteiger partial charge on any atom is 0.273 e. The Morgan fingerprint density at radius 1 is 1.28 bits per heavy atom. The second-order valence-electron chi connectivity index (χ2n) is 6.03. The normalized spacial score (nSPS) is 18.1. The molecule has 6 nitrogen and oxygen atoms in total. The topological polar surface area (TPSA) is 65.5 Å². The molecule has 132 valence electrons. The third-order valence-corrected chi connectivity index (χ3v) is 5.10. The number of aromatic nitrogens is 1. The Labute approximate surface area is 151 Å². The molecule has 0 unspecified atom stereocenters. The molecule has 1 saturated heterocycles. The Morgan fingerprint density at radius 2 is 2.08 bits per heavy atom. The second kappa shape index (κ2) is 8.22. The van der Waals surface area contributed by atoms with Crippen molar-refractivity contribution in [2.75, 3.05) is 33.2 Å². The van der Waals surface area contributed by atoms with Crippen LogP contribution in [0.4, 0.5) is 0 Å². The van der Waals surface area contributed by atoms with E-state index in [-0.39, 0.29) is 17.9 Å². The van der Waals surface area contributed by atoms with Crippen molar-refractivity contribution < 1.29 is 9.59 Å². The fourth-order valence-corrected chi connectivity index (χ4v) is 3.61. The van der Waals surface area contributed by atoms with Crippen molar-refractivity contribution in [3.8, 4) is 0 Å². The molecular formula is C18H22N4O2S. The number of likely N-dealkylation sites (N-methyl/N-ethyl adjacent to an activating group) is 1. The first-order valence-electron chi connectivity index (χ1n) is 8.36. The summed E-state index contributed by atoms with van der Waals surface area (Å²) in [6.45, 7) is 2.48. The molecule has 1 N–H and O–H groups in total. The summed E-state index contributed by atoms with van der Waals surface area (Å²) >= 11 is 1.40. The zero-order valence-corrected chi connectivity index (χ0v) is 15.0. The maximum absolute atomic E-state index is 12.5. The second-order valence-corrected chi connectivity index (χ2v) is 6.75. The highest BCUT2D eigenvalue weighted by molar-refractivity contribution is 7.07. The molecule has 1 aliphatic heterocycles. The van der Waals surface area contributed by atoms with Crippen LogP contribution in [-0.4, -0.2) is 65.9 Å². The molecule has 2 heterocycles. The van der Waals surface area contributed by atoms with Crippen LogP contribution >= 0.6 is 11.3 Å². The van der Waals surface area contributed by atoms with Gasteiger partial charge in [0.15, 0.2) is 0 Å². The van der Waals surface area contributed by atoms with Gasteiger partial charge in [-0.25, -0.2) is 4.98 Å². The monoisotopic (exact) mass is 358 g/mol. The number of rotatable bonds is 5. The van der Waals surface area contributed by atoms with E-state index < -0.39 is 0 Å². The van der Waals surface area contributed by atoms with Crippen LogP contribution in [0.3, 0.4) is 0 Å². The summed E-state index contributed by atoms with van der Waals surface area (Å²) in [4.78, 5) is 32.8. The van der Waals surface area contributed by atoms with Gasteiger partial charge in [0.05, 0.1) is 5.51 Å². The van der Waals surface area contributed by atoms with Crippen molar-refractivity contribution in [2.45, 2.75) is 12.5 Å². The molecule has 0 radical (unpaired) electrons. The van der Waals surface area contributed by atoms with Crippen molar-refractivity contribution in [1.29, 1.82) is 0 Å². The Bertz CT molecular complexity index is 705. The molecule has 1 aromatic heterocycles. The van der Waals surface area contributed by atoms with Gasteiger partial charge in [0.25, 0.3) is 5.91 Å². The highest BCUT2D eigenvalue weighted by Crippen LogP contribution is 2.15. The van der Waals surface area contributed by atoms with Crippen LogP contribution in [0.1, 0.15) is 16.1 Å². The number of thiazole rings is 1. The standard InChI is InChI=1S/C18H22N4O2S/c1-19-17(23)16-11-22(18(24)15-12-25-13-20-15)10-9-21(16)8-7-14-5-3-2-4-6-14/h2-6,12-13,16H,7-11H2,1H3,(H,19,23)/t16-/m1/s1. The van der Waals surface area contributed by atoms with Gasteiger partial charge in [-0.3, -0.25) is 14.5 Å². The van der Waals surface area contributed by atoms with E-state index in [0.29, 0.717) is 25.3 Å². The molecule has 0 bridgehead atoms. The largest absolute Gasteiger partial charge is 0.358 e. The molecule has 25 heavy (non-hydrogen) atoms. The molecular weight excluding hydrogens is 336 g/mol. The summed E-state index contributed by atoms with van der Waals surface area (Å²) in [6.07, 6.45) is 0.883. The van der Waals surface area contributed by atoms with Crippen LogP contribution in [0.15, 0.2) is 41.2 Å². The fraction of sp³-hybridized carbons (Fsp3) is 0.389. The zero-order chi connectivity index (χ0) is 17.6. The number of amides is 2. The number of piperazine rings is 1. The molecule has 0 saturated carbocycles. The lowest BCUT2D eigenvalue weighted by molar-refractivity contribution is -0.127. The predicted molar refractivity (Wildman–Crippen MR) is 97.6 cm³/mol. The zero-order valence-electron chi connectivity index (χ0n) is 14.2. The minimum absolute atomic E-state index is 0.0520. The molecule has 1 fully saturated rings. The van der Waals surface area contributed by atoms with Gasteiger partial charge in [-0.1, -0.05) is 30.3 Å². The van der Waals surface area contributed by atoms with Crippen LogP contribution in [-0.2, 0) is 11.2 Å². The minimum Gasteiger partial charge on any atom is -0.358 e. The lowest BCUT2D eigenvalue weighted by Crippen LogP contribution is -2.60. The molecule has 0 spiro atoms. The molecule has 2 aromatic rings. The van der Waals surface area contributed by atoms with Gasteiger partial charge < -0.3 is 10.2 Å².